The molecule has 3 amide bonds. The lowest BCUT2D eigenvalue weighted by Crippen LogP contribution is -2.53. The number of benzene rings is 7. The lowest BCUT2D eigenvalue weighted by molar-refractivity contribution is -0.127. The molecule has 0 spiro atoms. The minimum atomic E-state index is -1.20. The highest BCUT2D eigenvalue weighted by atomic mass is 16.5. The molecule has 1 atom stereocenters. The van der Waals surface area contributed by atoms with Gasteiger partial charge < -0.3 is 29.7 Å². The molecule has 0 saturated carbocycles. The Morgan fingerprint density at radius 3 is 2.14 bits per heavy atom. The van der Waals surface area contributed by atoms with Gasteiger partial charge in [0.1, 0.15) is 29.9 Å². The van der Waals surface area contributed by atoms with E-state index in [2.05, 4.69) is 46.0 Å². The maximum Gasteiger partial charge on any atom is 0.358 e. The number of aromatic nitrogens is 1. The summed E-state index contributed by atoms with van der Waals surface area (Å²) < 4.78 is 17.4. The Hall–Kier alpha value is -8.17. The van der Waals surface area contributed by atoms with Crippen LogP contribution in [0.5, 0.6) is 17.2 Å². The van der Waals surface area contributed by atoms with Gasteiger partial charge in [0.25, 0.3) is 0 Å². The molecule has 1 aromatic heterocycles. The number of amides is 3. The van der Waals surface area contributed by atoms with E-state index in [1.165, 1.54) is 6.07 Å². The molecule has 0 aliphatic rings. The van der Waals surface area contributed by atoms with E-state index in [9.17, 15) is 24.3 Å². The fourth-order valence-electron chi connectivity index (χ4n) is 8.04. The first-order valence-corrected chi connectivity index (χ1v) is 22.0. The van der Waals surface area contributed by atoms with Crippen molar-refractivity contribution in [2.75, 3.05) is 18.1 Å². The second-order valence-corrected chi connectivity index (χ2v) is 15.9. The van der Waals surface area contributed by atoms with E-state index in [-0.39, 0.29) is 36.3 Å². The van der Waals surface area contributed by atoms with E-state index in [1.807, 2.05) is 84.9 Å². The van der Waals surface area contributed by atoms with Gasteiger partial charge in [-0.2, -0.15) is 0 Å². The summed E-state index contributed by atoms with van der Waals surface area (Å²) in [5, 5.41) is 25.0. The summed E-state index contributed by atoms with van der Waals surface area (Å²) in [5.41, 5.74) is 1.89. The Bertz CT molecular complexity index is 2980. The smallest absolute Gasteiger partial charge is 0.358 e. The molecule has 332 valence electrons. The van der Waals surface area contributed by atoms with Crippen molar-refractivity contribution in [1.29, 1.82) is 0 Å². The van der Waals surface area contributed by atoms with Crippen molar-refractivity contribution in [2.24, 2.45) is 0 Å². The largest absolute Gasteiger partial charge is 0.491 e. The fraction of sp³-hybridized carbons (Fsp3) is 0.204. The maximum atomic E-state index is 14.5. The molecule has 8 rings (SSSR count). The maximum absolute atomic E-state index is 14.5. The predicted octanol–water partition coefficient (Wildman–Crippen LogP) is 10.3. The van der Waals surface area contributed by atoms with E-state index in [0.29, 0.717) is 74.4 Å². The van der Waals surface area contributed by atoms with Crippen LogP contribution in [0.15, 0.2) is 144 Å². The molecule has 0 saturated heterocycles. The van der Waals surface area contributed by atoms with Crippen LogP contribution in [0, 0.1) is 12.3 Å². The van der Waals surface area contributed by atoms with E-state index in [1.54, 1.807) is 29.2 Å². The van der Waals surface area contributed by atoms with Crippen LogP contribution in [0.1, 0.15) is 61.0 Å². The third kappa shape index (κ3) is 10.6. The molecule has 0 bridgehead atoms. The monoisotopic (exact) mass is 880 g/mol. The molecule has 66 heavy (non-hydrogen) atoms. The van der Waals surface area contributed by atoms with Crippen molar-refractivity contribution in [3.63, 3.8) is 0 Å². The van der Waals surface area contributed by atoms with Gasteiger partial charge in [0.05, 0.1) is 5.69 Å². The van der Waals surface area contributed by atoms with Crippen LogP contribution in [-0.2, 0) is 20.9 Å². The first-order chi connectivity index (χ1) is 32.2. The fourth-order valence-corrected chi connectivity index (χ4v) is 8.04. The number of para-hydroxylation sites is 1. The van der Waals surface area contributed by atoms with Crippen molar-refractivity contribution in [2.45, 2.75) is 57.5 Å². The van der Waals surface area contributed by atoms with E-state index < -0.39 is 17.9 Å². The van der Waals surface area contributed by atoms with Crippen LogP contribution < -0.4 is 25.0 Å². The van der Waals surface area contributed by atoms with Gasteiger partial charge in [-0.1, -0.05) is 90.4 Å². The number of nitrogens with one attached hydrogen (secondary N) is 2. The molecule has 12 nitrogen and oxygen atoms in total. The Morgan fingerprint density at radius 2 is 1.41 bits per heavy atom. The van der Waals surface area contributed by atoms with Gasteiger partial charge in [0.15, 0.2) is 11.5 Å². The van der Waals surface area contributed by atoms with Gasteiger partial charge in [-0.05, 0) is 106 Å². The van der Waals surface area contributed by atoms with E-state index in [4.69, 9.17) is 20.4 Å². The van der Waals surface area contributed by atoms with Crippen LogP contribution >= 0.6 is 0 Å². The average Bonchev–Trinajstić information content (AvgIpc) is 3.85. The van der Waals surface area contributed by atoms with Gasteiger partial charge in [0.2, 0.25) is 17.7 Å². The summed E-state index contributed by atoms with van der Waals surface area (Å²) in [4.78, 5) is 54.7. The molecule has 0 aliphatic heterocycles. The third-order valence-corrected chi connectivity index (χ3v) is 11.4. The number of unbranched alkanes of at least 4 members (excludes halogenated alkanes) is 3. The average molecular weight is 881 g/mol. The highest BCUT2D eigenvalue weighted by Crippen LogP contribution is 2.40. The summed E-state index contributed by atoms with van der Waals surface area (Å²) in [6, 6.07) is 42.3. The SMILES string of the molecule is C#CCCCC(=O)N(c1ccc2ccc3cccc4ccc1c2c34)C(COc1ccc(-c2cc(C(=O)O)no2)cc1)C(=O)NCCCCCC(=O)NCc1ccc(Oc2ccccc2)cc1. The molecule has 7 aromatic carbocycles. The highest BCUT2D eigenvalue weighted by Gasteiger charge is 2.33. The van der Waals surface area contributed by atoms with Crippen molar-refractivity contribution >= 4 is 61.7 Å². The van der Waals surface area contributed by atoms with Crippen LogP contribution in [0.4, 0.5) is 5.69 Å². The summed E-state index contributed by atoms with van der Waals surface area (Å²) in [7, 11) is 0. The normalized spacial score (nSPS) is 11.6. The second-order valence-electron chi connectivity index (χ2n) is 15.9. The van der Waals surface area contributed by atoms with Crippen LogP contribution in [0.3, 0.4) is 0 Å². The number of rotatable bonds is 21. The number of aromatic carboxylic acids is 1. The van der Waals surface area contributed by atoms with Gasteiger partial charge in [-0.3, -0.25) is 19.3 Å². The number of hydrogen-bond donors (Lipinski definition) is 3. The van der Waals surface area contributed by atoms with E-state index in [0.717, 1.165) is 43.6 Å². The number of anilines is 1. The van der Waals surface area contributed by atoms with Gasteiger partial charge in [-0.25, -0.2) is 4.79 Å². The Labute approximate surface area is 381 Å². The quantitative estimate of drug-likeness (QED) is 0.0363. The Morgan fingerprint density at radius 1 is 0.712 bits per heavy atom. The Kier molecular flexibility index (Phi) is 14.1. The Balaban J connectivity index is 0.956. The number of terminal acetylenes is 1. The lowest BCUT2D eigenvalue weighted by atomic mass is 9.93. The van der Waals surface area contributed by atoms with Crippen LogP contribution in [0.2, 0.25) is 0 Å². The van der Waals surface area contributed by atoms with Crippen molar-refractivity contribution in [1.82, 2.24) is 15.8 Å². The molecule has 8 aromatic rings. The molecular formula is C54H48N4O8. The minimum Gasteiger partial charge on any atom is -0.491 e. The number of carboxylic acids is 1. The molecular weight excluding hydrogens is 833 g/mol. The number of carbonyl (C=O) groups is 4. The summed E-state index contributed by atoms with van der Waals surface area (Å²) in [6.07, 6.45) is 8.79. The van der Waals surface area contributed by atoms with Crippen molar-refractivity contribution in [3.05, 3.63) is 151 Å². The predicted molar refractivity (Wildman–Crippen MR) is 255 cm³/mol. The minimum absolute atomic E-state index is 0.0629. The van der Waals surface area contributed by atoms with Gasteiger partial charge >= 0.3 is 5.97 Å². The van der Waals surface area contributed by atoms with Crippen LogP contribution in [0.25, 0.3) is 43.6 Å². The number of carbonyl (C=O) groups excluding carboxylic acids is 3. The highest BCUT2D eigenvalue weighted by molar-refractivity contribution is 6.26. The van der Waals surface area contributed by atoms with E-state index >= 15 is 0 Å². The van der Waals surface area contributed by atoms with Crippen molar-refractivity contribution < 1.29 is 38.3 Å². The number of carboxylic acid groups (broad SMARTS) is 1. The zero-order chi connectivity index (χ0) is 45.8. The van der Waals surface area contributed by atoms with Gasteiger partial charge in [-0.15, -0.1) is 12.3 Å². The zero-order valence-corrected chi connectivity index (χ0v) is 36.2. The molecule has 0 radical (unpaired) electrons. The standard InChI is InChI=1S/C54H48N4O8/c1-2-3-6-17-50(60)58(46-31-25-40-21-20-38-12-11-13-39-24-30-44(46)52(40)51(38)39)47(35-64-41-28-22-37(23-29-41)48-33-45(54(62)63)57-66-48)53(61)55-32-10-5-9-16-49(59)56-34-36-18-26-43(27-19-36)65-42-14-7-4-8-15-42/h1,4,7-8,11-15,18-31,33,47H,3,5-6,9-10,16-17,32,34-35H2,(H,55,61)(H,56,59)(H,62,63). The topological polar surface area (TPSA) is 160 Å². The first-order valence-electron chi connectivity index (χ1n) is 22.0. The van der Waals surface area contributed by atoms with Crippen LogP contribution in [-0.4, -0.2) is 53.1 Å². The second kappa shape index (κ2) is 21.0. The molecule has 1 unspecified atom stereocenters. The molecule has 0 fully saturated rings. The lowest BCUT2D eigenvalue weighted by Gasteiger charge is -2.32. The summed E-state index contributed by atoms with van der Waals surface area (Å²) in [5.74, 6) is 2.82. The molecule has 3 N–H and O–H groups in total. The summed E-state index contributed by atoms with van der Waals surface area (Å²) >= 11 is 0. The van der Waals surface area contributed by atoms with Gasteiger partial charge in [0, 0.05) is 49.4 Å². The zero-order valence-electron chi connectivity index (χ0n) is 36.2. The number of ether oxygens (including phenoxy) is 2. The number of nitrogens with zero attached hydrogens (tertiary/aromatic N) is 2. The first kappa shape index (κ1) is 44.4. The van der Waals surface area contributed by atoms with Crippen molar-refractivity contribution in [3.8, 4) is 40.9 Å². The molecule has 12 heteroatoms. The third-order valence-electron chi connectivity index (χ3n) is 11.4. The molecule has 0 aliphatic carbocycles. The summed E-state index contributed by atoms with van der Waals surface area (Å²) in [6.45, 7) is 0.520. The number of hydrogen-bond acceptors (Lipinski definition) is 8. The molecule has 1 heterocycles.